The van der Waals surface area contributed by atoms with E-state index in [4.69, 9.17) is 9.15 Å². The number of ether oxygens (including phenoxy) is 1. The molecule has 6 nitrogen and oxygen atoms in total. The van der Waals surface area contributed by atoms with E-state index in [0.29, 0.717) is 34.1 Å². The van der Waals surface area contributed by atoms with E-state index in [1.54, 1.807) is 18.2 Å². The number of hydrogen-bond acceptors (Lipinski definition) is 5. The predicted octanol–water partition coefficient (Wildman–Crippen LogP) is 5.33. The number of benzene rings is 2. The van der Waals surface area contributed by atoms with Gasteiger partial charge >= 0.3 is 11.6 Å². The second-order valence-electron chi connectivity index (χ2n) is 10.9. The van der Waals surface area contributed by atoms with Gasteiger partial charge in [0.25, 0.3) is 0 Å². The van der Waals surface area contributed by atoms with Gasteiger partial charge in [-0.25, -0.2) is 4.79 Å². The fraction of sp³-hybridized carbons (Fsp3) is 0.414. The lowest BCUT2D eigenvalue weighted by molar-refractivity contribution is -0.175. The van der Waals surface area contributed by atoms with Crippen molar-refractivity contribution in [2.24, 2.45) is 17.3 Å². The highest BCUT2D eigenvalue weighted by molar-refractivity contribution is 5.92. The molecule has 180 valence electrons. The van der Waals surface area contributed by atoms with Crippen molar-refractivity contribution in [3.8, 4) is 0 Å². The number of esters is 1. The summed E-state index contributed by atoms with van der Waals surface area (Å²) < 4.78 is 11.3. The molecule has 4 bridgehead atoms. The molecule has 4 saturated carbocycles. The molecule has 2 aromatic carbocycles. The van der Waals surface area contributed by atoms with Crippen molar-refractivity contribution in [3.63, 3.8) is 0 Å². The minimum Gasteiger partial charge on any atom is -0.460 e. The molecule has 4 aliphatic carbocycles. The summed E-state index contributed by atoms with van der Waals surface area (Å²) in [5, 5.41) is 3.38. The van der Waals surface area contributed by atoms with Gasteiger partial charge < -0.3 is 14.5 Å². The van der Waals surface area contributed by atoms with Gasteiger partial charge in [0, 0.05) is 35.7 Å². The van der Waals surface area contributed by atoms with E-state index >= 15 is 0 Å². The number of nitrogens with one attached hydrogen (secondary N) is 1. The van der Waals surface area contributed by atoms with Gasteiger partial charge in [-0.15, -0.1) is 0 Å². The SMILES string of the molecule is CC(=O)Nc1ccc2c(COC(=O)C34C[C@H]5C[C@@H](C3)CC(c3ccccc3)(C5)C4)cc(=O)oc2c1. The van der Waals surface area contributed by atoms with Crippen LogP contribution in [-0.4, -0.2) is 11.9 Å². The lowest BCUT2D eigenvalue weighted by atomic mass is 9.43. The van der Waals surface area contributed by atoms with E-state index in [9.17, 15) is 14.4 Å². The molecule has 1 heterocycles. The Morgan fingerprint density at radius 3 is 2.49 bits per heavy atom. The molecule has 4 aliphatic rings. The number of carbonyl (C=O) groups excluding carboxylic acids is 2. The molecule has 1 aromatic heterocycles. The lowest BCUT2D eigenvalue weighted by Crippen LogP contribution is -2.57. The summed E-state index contributed by atoms with van der Waals surface area (Å²) in [5.41, 5.74) is 1.96. The standard InChI is InChI=1S/C29H29NO5/c1-18(31)30-23-7-8-24-21(10-26(32)35-25(24)11-23)16-34-27(33)29-14-19-9-20(15-29)13-28(12-19,17-29)22-5-3-2-4-6-22/h2-8,10-11,19-20H,9,12-17H2,1H3,(H,30,31)/t19-,20+,28?,29?. The number of carbonyl (C=O) groups is 2. The van der Waals surface area contributed by atoms with E-state index < -0.39 is 11.0 Å². The average Bonchev–Trinajstić information content (AvgIpc) is 2.81. The van der Waals surface area contributed by atoms with Crippen molar-refractivity contribution < 1.29 is 18.7 Å². The zero-order chi connectivity index (χ0) is 24.2. The van der Waals surface area contributed by atoms with Crippen LogP contribution in [-0.2, 0) is 26.3 Å². The average molecular weight is 472 g/mol. The lowest BCUT2D eigenvalue weighted by Gasteiger charge is -2.61. The molecule has 35 heavy (non-hydrogen) atoms. The Kier molecular flexibility index (Phi) is 5.09. The Balaban J connectivity index is 1.26. The largest absolute Gasteiger partial charge is 0.460 e. The van der Waals surface area contributed by atoms with E-state index in [2.05, 4.69) is 29.6 Å². The fourth-order valence-electron chi connectivity index (χ4n) is 7.56. The van der Waals surface area contributed by atoms with Gasteiger partial charge in [-0.1, -0.05) is 30.3 Å². The van der Waals surface area contributed by atoms with Crippen LogP contribution in [0.4, 0.5) is 5.69 Å². The first kappa shape index (κ1) is 22.1. The Labute approximate surface area is 203 Å². The zero-order valence-corrected chi connectivity index (χ0v) is 19.8. The van der Waals surface area contributed by atoms with E-state index in [0.717, 1.165) is 32.1 Å². The first-order chi connectivity index (χ1) is 16.8. The monoisotopic (exact) mass is 471 g/mol. The summed E-state index contributed by atoms with van der Waals surface area (Å²) in [7, 11) is 0. The molecule has 6 heteroatoms. The summed E-state index contributed by atoms with van der Waals surface area (Å²) in [4.78, 5) is 37.3. The highest BCUT2D eigenvalue weighted by atomic mass is 16.5. The molecule has 0 aliphatic heterocycles. The molecule has 4 fully saturated rings. The van der Waals surface area contributed by atoms with Crippen LogP contribution in [0.15, 0.2) is 63.8 Å². The van der Waals surface area contributed by atoms with Crippen molar-refractivity contribution >= 4 is 28.5 Å². The molecule has 1 N–H and O–H groups in total. The third-order valence-electron chi connectivity index (χ3n) is 8.39. The first-order valence-corrected chi connectivity index (χ1v) is 12.4. The van der Waals surface area contributed by atoms with Gasteiger partial charge in [0.1, 0.15) is 12.2 Å². The number of anilines is 1. The molecule has 7 rings (SSSR count). The van der Waals surface area contributed by atoms with Crippen LogP contribution in [0.2, 0.25) is 0 Å². The van der Waals surface area contributed by atoms with Crippen LogP contribution in [0.1, 0.15) is 56.6 Å². The molecule has 1 amide bonds. The maximum absolute atomic E-state index is 13.7. The Morgan fingerprint density at radius 1 is 1.03 bits per heavy atom. The van der Waals surface area contributed by atoms with Gasteiger partial charge in [0.15, 0.2) is 0 Å². The highest BCUT2D eigenvalue weighted by Gasteiger charge is 2.61. The first-order valence-electron chi connectivity index (χ1n) is 12.4. The molecule has 0 saturated heterocycles. The Bertz CT molecular complexity index is 1360. The normalized spacial score (nSPS) is 28.7. The smallest absolute Gasteiger partial charge is 0.336 e. The second-order valence-corrected chi connectivity index (χ2v) is 10.9. The summed E-state index contributed by atoms with van der Waals surface area (Å²) in [6, 6.07) is 17.2. The van der Waals surface area contributed by atoms with Crippen molar-refractivity contribution in [1.82, 2.24) is 0 Å². The third-order valence-corrected chi connectivity index (χ3v) is 8.39. The van der Waals surface area contributed by atoms with Crippen molar-refractivity contribution in [2.45, 2.75) is 57.5 Å². The minimum absolute atomic E-state index is 0.0236. The Hall–Kier alpha value is -3.41. The quantitative estimate of drug-likeness (QED) is 0.401. The van der Waals surface area contributed by atoms with Crippen molar-refractivity contribution in [2.75, 3.05) is 5.32 Å². The van der Waals surface area contributed by atoms with E-state index in [1.807, 2.05) is 6.07 Å². The summed E-state index contributed by atoms with van der Waals surface area (Å²) in [6.07, 6.45) is 6.16. The van der Waals surface area contributed by atoms with Crippen LogP contribution in [0.5, 0.6) is 0 Å². The molecule has 0 spiro atoms. The number of fused-ring (bicyclic) bond motifs is 1. The maximum atomic E-state index is 13.7. The summed E-state index contributed by atoms with van der Waals surface area (Å²) >= 11 is 0. The van der Waals surface area contributed by atoms with Gasteiger partial charge in [0.05, 0.1) is 5.41 Å². The topological polar surface area (TPSA) is 85.6 Å². The third kappa shape index (κ3) is 3.85. The number of hydrogen-bond donors (Lipinski definition) is 1. The van der Waals surface area contributed by atoms with E-state index in [-0.39, 0.29) is 23.9 Å². The van der Waals surface area contributed by atoms with Gasteiger partial charge in [0.2, 0.25) is 5.91 Å². The number of amides is 1. The Morgan fingerprint density at radius 2 is 1.77 bits per heavy atom. The summed E-state index contributed by atoms with van der Waals surface area (Å²) in [6.45, 7) is 1.44. The second kappa shape index (κ2) is 8.08. The van der Waals surface area contributed by atoms with Gasteiger partial charge in [-0.3, -0.25) is 9.59 Å². The fourth-order valence-corrected chi connectivity index (χ4v) is 7.56. The van der Waals surface area contributed by atoms with Gasteiger partial charge in [-0.2, -0.15) is 0 Å². The van der Waals surface area contributed by atoms with E-state index in [1.165, 1.54) is 25.0 Å². The highest BCUT2D eigenvalue weighted by Crippen LogP contribution is 2.66. The van der Waals surface area contributed by atoms with Crippen LogP contribution in [0, 0.1) is 17.3 Å². The molecule has 3 aromatic rings. The van der Waals surface area contributed by atoms with Crippen molar-refractivity contribution in [1.29, 1.82) is 0 Å². The van der Waals surface area contributed by atoms with Gasteiger partial charge in [-0.05, 0) is 73.5 Å². The van der Waals surface area contributed by atoms with Crippen LogP contribution in [0.3, 0.4) is 0 Å². The maximum Gasteiger partial charge on any atom is 0.336 e. The minimum atomic E-state index is -0.513. The van der Waals surface area contributed by atoms with Crippen LogP contribution >= 0.6 is 0 Å². The van der Waals surface area contributed by atoms with Crippen LogP contribution < -0.4 is 10.9 Å². The molecule has 2 unspecified atom stereocenters. The molecular weight excluding hydrogens is 442 g/mol. The summed E-state index contributed by atoms with van der Waals surface area (Å²) in [5.74, 6) is 0.769. The molecule has 4 atom stereocenters. The van der Waals surface area contributed by atoms with Crippen molar-refractivity contribution in [3.05, 3.63) is 76.1 Å². The zero-order valence-electron chi connectivity index (χ0n) is 19.8. The van der Waals surface area contributed by atoms with Crippen LogP contribution in [0.25, 0.3) is 11.0 Å². The molecule has 0 radical (unpaired) electrons. The predicted molar refractivity (Wildman–Crippen MR) is 132 cm³/mol. The number of rotatable bonds is 5. The molecular formula is C29H29NO5.